The van der Waals surface area contributed by atoms with Crippen molar-refractivity contribution in [1.82, 2.24) is 0 Å². The molecule has 1 amide bonds. The van der Waals surface area contributed by atoms with Crippen LogP contribution in [0.15, 0.2) is 48.5 Å². The van der Waals surface area contributed by atoms with Crippen molar-refractivity contribution >= 4 is 29.0 Å². The van der Waals surface area contributed by atoms with E-state index in [9.17, 15) is 9.59 Å². The molecule has 0 radical (unpaired) electrons. The van der Waals surface area contributed by atoms with Crippen molar-refractivity contribution in [1.29, 1.82) is 0 Å². The van der Waals surface area contributed by atoms with Crippen LogP contribution in [0, 0.1) is 0 Å². The summed E-state index contributed by atoms with van der Waals surface area (Å²) in [6, 6.07) is 13.6. The quantitative estimate of drug-likeness (QED) is 0.859. The molecule has 0 fully saturated rings. The molecule has 0 atom stereocenters. The second-order valence-electron chi connectivity index (χ2n) is 4.40. The van der Waals surface area contributed by atoms with Crippen LogP contribution in [0.3, 0.4) is 0 Å². The van der Waals surface area contributed by atoms with Crippen molar-refractivity contribution in [2.75, 3.05) is 11.9 Å². The van der Waals surface area contributed by atoms with Gasteiger partial charge in [0, 0.05) is 18.2 Å². The molecule has 0 heterocycles. The summed E-state index contributed by atoms with van der Waals surface area (Å²) in [4.78, 5) is 22.9. The molecule has 0 unspecified atom stereocenters. The molecule has 108 valence electrons. The van der Waals surface area contributed by atoms with Gasteiger partial charge in [-0.2, -0.15) is 0 Å². The number of carbonyl (C=O) groups excluding carboxylic acids is 2. The van der Waals surface area contributed by atoms with E-state index in [2.05, 4.69) is 5.32 Å². The van der Waals surface area contributed by atoms with Gasteiger partial charge in [-0.05, 0) is 36.4 Å². The number of nitrogens with one attached hydrogen (secondary N) is 1. The monoisotopic (exact) mass is 303 g/mol. The highest BCUT2D eigenvalue weighted by Crippen LogP contribution is 2.18. The number of Topliss-reactive ketones (excluding diaryl/α,β-unsaturated/α-hetero) is 1. The number of halogens is 1. The van der Waals surface area contributed by atoms with Crippen LogP contribution < -0.4 is 10.1 Å². The summed E-state index contributed by atoms with van der Waals surface area (Å²) in [5.74, 6) is 0.216. The molecule has 0 aliphatic heterocycles. The summed E-state index contributed by atoms with van der Waals surface area (Å²) >= 11 is 5.95. The van der Waals surface area contributed by atoms with Crippen molar-refractivity contribution in [2.45, 2.75) is 6.92 Å². The number of ketones is 1. The zero-order valence-electron chi connectivity index (χ0n) is 11.4. The van der Waals surface area contributed by atoms with E-state index >= 15 is 0 Å². The Kier molecular flexibility index (Phi) is 4.95. The van der Waals surface area contributed by atoms with E-state index in [1.54, 1.807) is 48.5 Å². The highest BCUT2D eigenvalue weighted by Gasteiger charge is 2.10. The van der Waals surface area contributed by atoms with Crippen molar-refractivity contribution in [3.63, 3.8) is 0 Å². The molecule has 21 heavy (non-hydrogen) atoms. The molecule has 1 N–H and O–H groups in total. The molecular formula is C16H14ClNO3. The molecule has 2 aromatic carbocycles. The van der Waals surface area contributed by atoms with Crippen LogP contribution in [0.5, 0.6) is 5.75 Å². The van der Waals surface area contributed by atoms with Crippen molar-refractivity contribution in [3.8, 4) is 5.75 Å². The minimum Gasteiger partial charge on any atom is -0.485 e. The van der Waals surface area contributed by atoms with Crippen molar-refractivity contribution in [3.05, 3.63) is 59.1 Å². The van der Waals surface area contributed by atoms with E-state index in [-0.39, 0.29) is 18.3 Å². The number of rotatable bonds is 5. The maximum Gasteiger partial charge on any atom is 0.221 e. The number of ether oxygens (including phenoxy) is 1. The third kappa shape index (κ3) is 4.33. The van der Waals surface area contributed by atoms with Gasteiger partial charge in [-0.15, -0.1) is 0 Å². The van der Waals surface area contributed by atoms with E-state index in [0.29, 0.717) is 22.0 Å². The predicted molar refractivity (Wildman–Crippen MR) is 82.0 cm³/mol. The van der Waals surface area contributed by atoms with Gasteiger partial charge in [0.15, 0.2) is 6.61 Å². The van der Waals surface area contributed by atoms with Crippen LogP contribution in [0.1, 0.15) is 17.3 Å². The Labute approximate surface area is 127 Å². The summed E-state index contributed by atoms with van der Waals surface area (Å²) in [6.07, 6.45) is 0. The largest absolute Gasteiger partial charge is 0.485 e. The van der Waals surface area contributed by atoms with E-state index < -0.39 is 0 Å². The van der Waals surface area contributed by atoms with Crippen molar-refractivity contribution in [2.24, 2.45) is 0 Å². The average Bonchev–Trinajstić information content (AvgIpc) is 2.46. The summed E-state index contributed by atoms with van der Waals surface area (Å²) in [5, 5.41) is 3.06. The predicted octanol–water partition coefficient (Wildman–Crippen LogP) is 3.56. The van der Waals surface area contributed by atoms with E-state index in [1.165, 1.54) is 6.92 Å². The van der Waals surface area contributed by atoms with Gasteiger partial charge in [0.05, 0.1) is 5.02 Å². The molecule has 0 spiro atoms. The first-order valence-corrected chi connectivity index (χ1v) is 6.72. The van der Waals surface area contributed by atoms with Crippen LogP contribution in [-0.2, 0) is 4.79 Å². The molecule has 0 bridgehead atoms. The minimum absolute atomic E-state index is 0.0940. The van der Waals surface area contributed by atoms with Gasteiger partial charge in [-0.25, -0.2) is 0 Å². The Morgan fingerprint density at radius 2 is 1.76 bits per heavy atom. The number of benzene rings is 2. The zero-order chi connectivity index (χ0) is 15.2. The van der Waals surface area contributed by atoms with Gasteiger partial charge in [-0.1, -0.05) is 23.7 Å². The smallest absolute Gasteiger partial charge is 0.221 e. The van der Waals surface area contributed by atoms with E-state index in [0.717, 1.165) is 0 Å². The number of carbonyl (C=O) groups is 2. The first-order valence-electron chi connectivity index (χ1n) is 6.34. The maximum atomic E-state index is 12.0. The zero-order valence-corrected chi connectivity index (χ0v) is 12.2. The summed E-state index contributed by atoms with van der Waals surface area (Å²) in [5.41, 5.74) is 1.11. The number of amides is 1. The van der Waals surface area contributed by atoms with Crippen LogP contribution >= 0.6 is 11.6 Å². The normalized spacial score (nSPS) is 10.0. The molecule has 5 heteroatoms. The number of hydrogen-bond donors (Lipinski definition) is 1. The highest BCUT2D eigenvalue weighted by atomic mass is 35.5. The molecule has 0 saturated carbocycles. The van der Waals surface area contributed by atoms with E-state index in [4.69, 9.17) is 16.3 Å². The van der Waals surface area contributed by atoms with Gasteiger partial charge < -0.3 is 10.1 Å². The molecular weight excluding hydrogens is 290 g/mol. The van der Waals surface area contributed by atoms with Gasteiger partial charge in [0.2, 0.25) is 11.7 Å². The summed E-state index contributed by atoms with van der Waals surface area (Å²) < 4.78 is 5.42. The summed E-state index contributed by atoms with van der Waals surface area (Å²) in [7, 11) is 0. The lowest BCUT2D eigenvalue weighted by Crippen LogP contribution is -2.12. The second kappa shape index (κ2) is 6.90. The Bertz CT molecular complexity index is 653. The van der Waals surface area contributed by atoms with Gasteiger partial charge in [0.1, 0.15) is 5.75 Å². The standard InChI is InChI=1S/C16H14ClNO3/c1-11(19)18-12-6-8-13(9-7-12)21-10-16(20)14-4-2-3-5-15(14)17/h2-9H,10H2,1H3,(H,18,19). The Morgan fingerprint density at radius 1 is 1.10 bits per heavy atom. The molecule has 0 aliphatic carbocycles. The third-order valence-electron chi connectivity index (χ3n) is 2.72. The fraction of sp³-hybridized carbons (Fsp3) is 0.125. The highest BCUT2D eigenvalue weighted by molar-refractivity contribution is 6.34. The Hall–Kier alpha value is -2.33. The van der Waals surface area contributed by atoms with Crippen LogP contribution in [0.4, 0.5) is 5.69 Å². The minimum atomic E-state index is -0.188. The first kappa shape index (κ1) is 15.1. The molecule has 0 saturated heterocycles. The van der Waals surface area contributed by atoms with Crippen molar-refractivity contribution < 1.29 is 14.3 Å². The molecule has 0 aliphatic rings. The summed E-state index contributed by atoms with van der Waals surface area (Å²) in [6.45, 7) is 1.34. The van der Waals surface area contributed by atoms with Crippen LogP contribution in [0.25, 0.3) is 0 Å². The second-order valence-corrected chi connectivity index (χ2v) is 4.80. The Balaban J connectivity index is 1.95. The fourth-order valence-corrected chi connectivity index (χ4v) is 1.99. The van der Waals surface area contributed by atoms with Gasteiger partial charge >= 0.3 is 0 Å². The van der Waals surface area contributed by atoms with E-state index in [1.807, 2.05) is 0 Å². The van der Waals surface area contributed by atoms with Gasteiger partial charge in [0.25, 0.3) is 0 Å². The number of anilines is 1. The Morgan fingerprint density at radius 3 is 2.38 bits per heavy atom. The molecule has 2 aromatic rings. The lowest BCUT2D eigenvalue weighted by atomic mass is 10.1. The van der Waals surface area contributed by atoms with Crippen LogP contribution in [0.2, 0.25) is 5.02 Å². The molecule has 4 nitrogen and oxygen atoms in total. The lowest BCUT2D eigenvalue weighted by Gasteiger charge is -2.08. The van der Waals surface area contributed by atoms with Gasteiger partial charge in [-0.3, -0.25) is 9.59 Å². The third-order valence-corrected chi connectivity index (χ3v) is 3.05. The lowest BCUT2D eigenvalue weighted by molar-refractivity contribution is -0.114. The topological polar surface area (TPSA) is 55.4 Å². The maximum absolute atomic E-state index is 12.0. The first-order chi connectivity index (χ1) is 10.1. The SMILES string of the molecule is CC(=O)Nc1ccc(OCC(=O)c2ccccc2Cl)cc1. The average molecular weight is 304 g/mol. The van der Waals surface area contributed by atoms with Crippen LogP contribution in [-0.4, -0.2) is 18.3 Å². The number of hydrogen-bond acceptors (Lipinski definition) is 3. The molecule has 2 rings (SSSR count). The fourth-order valence-electron chi connectivity index (χ4n) is 1.75. The molecule has 0 aromatic heterocycles.